The summed E-state index contributed by atoms with van der Waals surface area (Å²) in [6, 6.07) is 7.32. The number of nitrogens with zero attached hydrogens (tertiary/aromatic N) is 1. The number of likely N-dealkylation sites (tertiary alicyclic amines) is 1. The standard InChI is InChI=1S/C27H47N3O5/c1-20(2)21(16-24(28)25(31)18-30-13-9-10-22(30)19-34-4)17-29-27(32)23-11-5-6-12-26(23)35-15-8-7-14-33-3/h5-6,11-12,20-22,24-25,31H,7-10,13-19,28H2,1-4H3,(H,29,32)/t21-,22-,24+,25+/m1/s1. The molecule has 200 valence electrons. The number of benzene rings is 1. The van der Waals surface area contributed by atoms with Crippen LogP contribution in [0.3, 0.4) is 0 Å². The van der Waals surface area contributed by atoms with Crippen LogP contribution in [0.5, 0.6) is 5.75 Å². The molecular weight excluding hydrogens is 446 g/mol. The van der Waals surface area contributed by atoms with E-state index in [1.807, 2.05) is 18.2 Å². The largest absolute Gasteiger partial charge is 0.493 e. The molecule has 1 aromatic rings. The quantitative estimate of drug-likeness (QED) is 0.287. The number of β-amino-alcohol motifs (C(OH)–C–C–N with tert-alkyl or cyclic N) is 1. The van der Waals surface area contributed by atoms with Crippen molar-refractivity contribution in [3.05, 3.63) is 29.8 Å². The molecule has 0 spiro atoms. The highest BCUT2D eigenvalue weighted by Gasteiger charge is 2.29. The van der Waals surface area contributed by atoms with Gasteiger partial charge in [0, 0.05) is 46.0 Å². The molecule has 35 heavy (non-hydrogen) atoms. The molecule has 1 fully saturated rings. The van der Waals surface area contributed by atoms with E-state index in [2.05, 4.69) is 24.1 Å². The Bertz CT molecular complexity index is 733. The summed E-state index contributed by atoms with van der Waals surface area (Å²) in [5.74, 6) is 0.900. The molecule has 0 unspecified atom stereocenters. The lowest BCUT2D eigenvalue weighted by molar-refractivity contribution is 0.0527. The fraction of sp³-hybridized carbons (Fsp3) is 0.741. The van der Waals surface area contributed by atoms with Gasteiger partial charge in [0.25, 0.3) is 5.91 Å². The minimum Gasteiger partial charge on any atom is -0.493 e. The summed E-state index contributed by atoms with van der Waals surface area (Å²) in [6.07, 6.45) is 4.01. The third-order valence-corrected chi connectivity index (χ3v) is 6.95. The monoisotopic (exact) mass is 493 g/mol. The smallest absolute Gasteiger partial charge is 0.255 e. The van der Waals surface area contributed by atoms with Gasteiger partial charge in [0.2, 0.25) is 0 Å². The predicted octanol–water partition coefficient (Wildman–Crippen LogP) is 2.68. The molecule has 8 heteroatoms. The van der Waals surface area contributed by atoms with Crippen LogP contribution in [-0.2, 0) is 9.47 Å². The van der Waals surface area contributed by atoms with E-state index < -0.39 is 6.10 Å². The SMILES string of the molecule is COCCCCOc1ccccc1C(=O)NC[C@@H](C[C@H](N)[C@@H](O)CN1CCC[C@@H]1COC)C(C)C. The van der Waals surface area contributed by atoms with Crippen molar-refractivity contribution in [2.75, 3.05) is 53.7 Å². The van der Waals surface area contributed by atoms with Gasteiger partial charge in [-0.3, -0.25) is 9.69 Å². The van der Waals surface area contributed by atoms with Crippen molar-refractivity contribution >= 4 is 5.91 Å². The average Bonchev–Trinajstić information content (AvgIpc) is 3.28. The maximum atomic E-state index is 13.0. The molecule has 0 saturated carbocycles. The Morgan fingerprint density at radius 3 is 2.66 bits per heavy atom. The van der Waals surface area contributed by atoms with Gasteiger partial charge in [0.15, 0.2) is 0 Å². The van der Waals surface area contributed by atoms with E-state index in [0.717, 1.165) is 32.2 Å². The molecule has 0 bridgehead atoms. The minimum absolute atomic E-state index is 0.152. The van der Waals surface area contributed by atoms with E-state index in [9.17, 15) is 9.90 Å². The third kappa shape index (κ3) is 10.1. The van der Waals surface area contributed by atoms with Crippen molar-refractivity contribution in [1.29, 1.82) is 0 Å². The van der Waals surface area contributed by atoms with Gasteiger partial charge in [-0.2, -0.15) is 0 Å². The first-order valence-corrected chi connectivity index (χ1v) is 13.0. The number of hydrogen-bond acceptors (Lipinski definition) is 7. The maximum absolute atomic E-state index is 13.0. The van der Waals surface area contributed by atoms with Gasteiger partial charge in [-0.05, 0) is 62.6 Å². The van der Waals surface area contributed by atoms with Crippen molar-refractivity contribution in [1.82, 2.24) is 10.2 Å². The van der Waals surface area contributed by atoms with Crippen molar-refractivity contribution in [2.45, 2.75) is 64.1 Å². The van der Waals surface area contributed by atoms with E-state index in [4.69, 9.17) is 19.9 Å². The number of hydrogen-bond donors (Lipinski definition) is 3. The zero-order valence-electron chi connectivity index (χ0n) is 22.1. The topological polar surface area (TPSA) is 106 Å². The second-order valence-electron chi connectivity index (χ2n) is 9.97. The van der Waals surface area contributed by atoms with Crippen molar-refractivity contribution < 1.29 is 24.1 Å². The maximum Gasteiger partial charge on any atom is 0.255 e. The first-order valence-electron chi connectivity index (χ1n) is 13.0. The van der Waals surface area contributed by atoms with E-state index in [-0.39, 0.29) is 17.9 Å². The number of methoxy groups -OCH3 is 2. The molecule has 4 N–H and O–H groups in total. The Hall–Kier alpha value is -1.71. The number of ether oxygens (including phenoxy) is 3. The molecule has 1 heterocycles. The molecule has 1 aromatic carbocycles. The Balaban J connectivity index is 1.87. The van der Waals surface area contributed by atoms with Gasteiger partial charge >= 0.3 is 0 Å². The van der Waals surface area contributed by atoms with Crippen LogP contribution in [0.4, 0.5) is 0 Å². The van der Waals surface area contributed by atoms with Gasteiger partial charge in [0.05, 0.1) is 24.9 Å². The van der Waals surface area contributed by atoms with Crippen LogP contribution < -0.4 is 15.8 Å². The lowest BCUT2D eigenvalue weighted by atomic mass is 9.87. The molecule has 0 aromatic heterocycles. The fourth-order valence-corrected chi connectivity index (χ4v) is 4.62. The van der Waals surface area contributed by atoms with Crippen LogP contribution in [0.2, 0.25) is 0 Å². The zero-order chi connectivity index (χ0) is 25.6. The Morgan fingerprint density at radius 1 is 1.20 bits per heavy atom. The number of para-hydroxylation sites is 1. The molecule has 1 amide bonds. The highest BCUT2D eigenvalue weighted by atomic mass is 16.5. The molecule has 4 atom stereocenters. The summed E-state index contributed by atoms with van der Waals surface area (Å²) in [5, 5.41) is 13.9. The number of aliphatic hydroxyl groups is 1. The van der Waals surface area contributed by atoms with Crippen LogP contribution in [-0.4, -0.2) is 87.8 Å². The summed E-state index contributed by atoms with van der Waals surface area (Å²) >= 11 is 0. The summed E-state index contributed by atoms with van der Waals surface area (Å²) in [5.41, 5.74) is 6.97. The number of nitrogens with one attached hydrogen (secondary N) is 1. The Kier molecular flexibility index (Phi) is 13.6. The van der Waals surface area contributed by atoms with Gasteiger partial charge in [-0.15, -0.1) is 0 Å². The second-order valence-corrected chi connectivity index (χ2v) is 9.97. The Morgan fingerprint density at radius 2 is 1.94 bits per heavy atom. The van der Waals surface area contributed by atoms with Crippen LogP contribution in [0.1, 0.15) is 56.3 Å². The van der Waals surface area contributed by atoms with Crippen molar-refractivity contribution in [2.24, 2.45) is 17.6 Å². The number of unbranched alkanes of at least 4 members (excludes halogenated alkanes) is 1. The van der Waals surface area contributed by atoms with E-state index in [1.54, 1.807) is 20.3 Å². The van der Waals surface area contributed by atoms with E-state index in [1.165, 1.54) is 0 Å². The fourth-order valence-electron chi connectivity index (χ4n) is 4.62. The first kappa shape index (κ1) is 29.5. The molecule has 1 aliphatic heterocycles. The van der Waals surface area contributed by atoms with Crippen LogP contribution in [0.25, 0.3) is 0 Å². The van der Waals surface area contributed by atoms with Crippen molar-refractivity contribution in [3.8, 4) is 5.75 Å². The highest BCUT2D eigenvalue weighted by molar-refractivity contribution is 5.96. The molecule has 8 nitrogen and oxygen atoms in total. The zero-order valence-corrected chi connectivity index (χ0v) is 22.1. The molecule has 0 radical (unpaired) electrons. The van der Waals surface area contributed by atoms with Gasteiger partial charge in [-0.25, -0.2) is 0 Å². The number of carbonyl (C=O) groups excluding carboxylic acids is 1. The molecular formula is C27H47N3O5. The molecule has 1 saturated heterocycles. The van der Waals surface area contributed by atoms with Gasteiger partial charge in [-0.1, -0.05) is 26.0 Å². The molecule has 2 rings (SSSR count). The van der Waals surface area contributed by atoms with E-state index in [0.29, 0.717) is 62.6 Å². The molecule has 1 aliphatic rings. The van der Waals surface area contributed by atoms with E-state index >= 15 is 0 Å². The molecule has 0 aliphatic carbocycles. The lowest BCUT2D eigenvalue weighted by Gasteiger charge is -2.31. The highest BCUT2D eigenvalue weighted by Crippen LogP contribution is 2.22. The minimum atomic E-state index is -0.614. The van der Waals surface area contributed by atoms with Gasteiger partial charge < -0.3 is 30.4 Å². The third-order valence-electron chi connectivity index (χ3n) is 6.95. The normalized spacial score (nSPS) is 19.0. The van der Waals surface area contributed by atoms with Crippen molar-refractivity contribution in [3.63, 3.8) is 0 Å². The number of nitrogens with two attached hydrogens (primary N) is 1. The van der Waals surface area contributed by atoms with Gasteiger partial charge in [0.1, 0.15) is 5.75 Å². The summed E-state index contributed by atoms with van der Waals surface area (Å²) < 4.78 is 16.3. The number of rotatable bonds is 17. The average molecular weight is 494 g/mol. The summed E-state index contributed by atoms with van der Waals surface area (Å²) in [4.78, 5) is 15.2. The summed E-state index contributed by atoms with van der Waals surface area (Å²) in [7, 11) is 3.40. The first-order chi connectivity index (χ1) is 16.9. The number of carbonyl (C=O) groups is 1. The van der Waals surface area contributed by atoms with Crippen LogP contribution in [0.15, 0.2) is 24.3 Å². The number of amides is 1. The predicted molar refractivity (Wildman–Crippen MR) is 139 cm³/mol. The lowest BCUT2D eigenvalue weighted by Crippen LogP contribution is -2.47. The van der Waals surface area contributed by atoms with Crippen LogP contribution >= 0.6 is 0 Å². The Labute approximate surface area is 211 Å². The second kappa shape index (κ2) is 16.1. The number of aliphatic hydroxyl groups excluding tert-OH is 1. The van der Waals surface area contributed by atoms with Crippen LogP contribution in [0, 0.1) is 11.8 Å². The summed E-state index contributed by atoms with van der Waals surface area (Å²) in [6.45, 7) is 8.19.